The van der Waals surface area contributed by atoms with Crippen molar-refractivity contribution < 1.29 is 8.42 Å². The Bertz CT molecular complexity index is 463. The summed E-state index contributed by atoms with van der Waals surface area (Å²) in [6.45, 7) is 6.09. The molecule has 3 nitrogen and oxygen atoms in total. The maximum Gasteiger partial charge on any atom is 0.246 e. The fourth-order valence-electron chi connectivity index (χ4n) is 1.42. The van der Waals surface area contributed by atoms with E-state index in [1.807, 2.05) is 32.9 Å². The second kappa shape index (κ2) is 4.63. The van der Waals surface area contributed by atoms with E-state index in [0.29, 0.717) is 5.69 Å². The number of para-hydroxylation sites is 1. The van der Waals surface area contributed by atoms with Gasteiger partial charge in [0.25, 0.3) is 0 Å². The lowest BCUT2D eigenvalue weighted by molar-refractivity contribution is 0.591. The van der Waals surface area contributed by atoms with E-state index in [-0.39, 0.29) is 5.41 Å². The maximum absolute atomic E-state index is 11.4. The first-order valence-corrected chi connectivity index (χ1v) is 7.11. The second-order valence-corrected chi connectivity index (χ2v) is 6.93. The third kappa shape index (κ3) is 3.39. The first-order valence-electron chi connectivity index (χ1n) is 4.92. The molecule has 0 aromatic heterocycles. The van der Waals surface area contributed by atoms with Gasteiger partial charge in [0.05, 0.1) is 5.69 Å². The summed E-state index contributed by atoms with van der Waals surface area (Å²) in [5, 5.41) is -0.439. The third-order valence-electron chi connectivity index (χ3n) is 2.14. The Morgan fingerprint density at radius 3 is 2.31 bits per heavy atom. The van der Waals surface area contributed by atoms with E-state index in [0.717, 1.165) is 5.56 Å². The van der Waals surface area contributed by atoms with Gasteiger partial charge < -0.3 is 0 Å². The molecule has 0 saturated carbocycles. The van der Waals surface area contributed by atoms with Gasteiger partial charge in [-0.2, -0.15) is 0 Å². The number of hydrogen-bond donors (Lipinski definition) is 1. The predicted octanol–water partition coefficient (Wildman–Crippen LogP) is 2.92. The number of alkyl halides is 1. The molecular weight excluding hydrogens is 246 g/mol. The molecule has 0 aliphatic heterocycles. The summed E-state index contributed by atoms with van der Waals surface area (Å²) in [6.07, 6.45) is 0. The van der Waals surface area contributed by atoms with Gasteiger partial charge >= 0.3 is 0 Å². The Kier molecular flexibility index (Phi) is 3.86. The lowest BCUT2D eigenvalue weighted by atomic mass is 9.86. The highest BCUT2D eigenvalue weighted by Gasteiger charge is 2.19. The highest BCUT2D eigenvalue weighted by atomic mass is 35.5. The molecule has 0 bridgehead atoms. The number of hydrogen-bond acceptors (Lipinski definition) is 2. The zero-order valence-corrected chi connectivity index (χ0v) is 11.2. The first kappa shape index (κ1) is 13.3. The van der Waals surface area contributed by atoms with Crippen molar-refractivity contribution in [3.63, 3.8) is 0 Å². The van der Waals surface area contributed by atoms with Crippen molar-refractivity contribution in [2.45, 2.75) is 26.2 Å². The molecule has 0 unspecified atom stereocenters. The average molecular weight is 262 g/mol. The molecule has 0 radical (unpaired) electrons. The fourth-order valence-corrected chi connectivity index (χ4v) is 2.15. The average Bonchev–Trinajstić information content (AvgIpc) is 2.16. The van der Waals surface area contributed by atoms with Gasteiger partial charge in [0.15, 0.2) is 0 Å². The van der Waals surface area contributed by atoms with E-state index in [2.05, 4.69) is 4.72 Å². The first-order chi connectivity index (χ1) is 7.26. The zero-order valence-electron chi connectivity index (χ0n) is 9.62. The molecule has 0 aliphatic rings. The van der Waals surface area contributed by atoms with E-state index in [1.54, 1.807) is 12.1 Å². The van der Waals surface area contributed by atoms with Crippen LogP contribution in [0, 0.1) is 0 Å². The molecular formula is C11H16ClNO2S. The van der Waals surface area contributed by atoms with Crippen LogP contribution < -0.4 is 4.72 Å². The largest absolute Gasteiger partial charge is 0.282 e. The molecule has 0 spiro atoms. The van der Waals surface area contributed by atoms with Crippen molar-refractivity contribution >= 4 is 27.3 Å². The molecule has 0 heterocycles. The fraction of sp³-hybridized carbons (Fsp3) is 0.455. The zero-order chi connectivity index (χ0) is 12.4. The van der Waals surface area contributed by atoms with E-state index in [4.69, 9.17) is 11.6 Å². The molecule has 1 N–H and O–H groups in total. The van der Waals surface area contributed by atoms with Gasteiger partial charge in [-0.05, 0) is 17.0 Å². The molecule has 90 valence electrons. The molecule has 0 atom stereocenters. The second-order valence-electron chi connectivity index (χ2n) is 4.62. The molecule has 0 fully saturated rings. The molecule has 1 aromatic rings. The quantitative estimate of drug-likeness (QED) is 0.851. The minimum absolute atomic E-state index is 0.120. The number of nitrogens with one attached hydrogen (secondary N) is 1. The van der Waals surface area contributed by atoms with Gasteiger partial charge in [-0.1, -0.05) is 39.0 Å². The molecule has 1 aromatic carbocycles. The van der Waals surface area contributed by atoms with Gasteiger partial charge in [-0.15, -0.1) is 11.6 Å². The van der Waals surface area contributed by atoms with Crippen LogP contribution >= 0.6 is 11.6 Å². The van der Waals surface area contributed by atoms with E-state index in [1.165, 1.54) is 0 Å². The number of halogens is 1. The summed E-state index contributed by atoms with van der Waals surface area (Å²) < 4.78 is 25.3. The number of anilines is 1. The normalized spacial score (nSPS) is 12.5. The summed E-state index contributed by atoms with van der Waals surface area (Å²) in [5.41, 5.74) is 1.42. The van der Waals surface area contributed by atoms with Crippen LogP contribution in [-0.4, -0.2) is 13.6 Å². The van der Waals surface area contributed by atoms with E-state index < -0.39 is 15.2 Å². The molecule has 0 saturated heterocycles. The molecule has 5 heteroatoms. The summed E-state index contributed by atoms with van der Waals surface area (Å²) in [6, 6.07) is 7.33. The van der Waals surface area contributed by atoms with Crippen LogP contribution in [0.3, 0.4) is 0 Å². The van der Waals surface area contributed by atoms with Crippen molar-refractivity contribution in [1.82, 2.24) is 0 Å². The summed E-state index contributed by atoms with van der Waals surface area (Å²) >= 11 is 5.36. The molecule has 1 rings (SSSR count). The topological polar surface area (TPSA) is 46.2 Å². The van der Waals surface area contributed by atoms with Gasteiger partial charge in [0, 0.05) is 0 Å². The summed E-state index contributed by atoms with van der Waals surface area (Å²) in [4.78, 5) is 0. The van der Waals surface area contributed by atoms with Crippen molar-refractivity contribution in [2.75, 3.05) is 9.93 Å². The molecule has 0 amide bonds. The Morgan fingerprint density at radius 1 is 1.25 bits per heavy atom. The Balaban J connectivity index is 3.16. The van der Waals surface area contributed by atoms with Gasteiger partial charge in [-0.25, -0.2) is 8.42 Å². The van der Waals surface area contributed by atoms with E-state index >= 15 is 0 Å². The Labute approximate surface area is 102 Å². The predicted molar refractivity (Wildman–Crippen MR) is 68.4 cm³/mol. The number of sulfonamides is 1. The standard InChI is InChI=1S/C11H16ClNO2S/c1-11(2,3)9-6-4-5-7-10(9)13-16(14,15)8-12/h4-7,13H,8H2,1-3H3. The van der Waals surface area contributed by atoms with Crippen LogP contribution in [-0.2, 0) is 15.4 Å². The van der Waals surface area contributed by atoms with Crippen LogP contribution in [0.5, 0.6) is 0 Å². The lowest BCUT2D eigenvalue weighted by Crippen LogP contribution is -2.19. The summed E-state index contributed by atoms with van der Waals surface area (Å²) in [5.74, 6) is 0. The monoisotopic (exact) mass is 261 g/mol. The SMILES string of the molecule is CC(C)(C)c1ccccc1NS(=O)(=O)CCl. The van der Waals surface area contributed by atoms with Crippen LogP contribution in [0.25, 0.3) is 0 Å². The number of benzene rings is 1. The van der Waals surface area contributed by atoms with Crippen LogP contribution in [0.2, 0.25) is 0 Å². The maximum atomic E-state index is 11.4. The van der Waals surface area contributed by atoms with Crippen molar-refractivity contribution in [1.29, 1.82) is 0 Å². The van der Waals surface area contributed by atoms with Gasteiger partial charge in [0.1, 0.15) is 5.21 Å². The third-order valence-corrected chi connectivity index (χ3v) is 3.82. The Hall–Kier alpha value is -0.740. The van der Waals surface area contributed by atoms with E-state index in [9.17, 15) is 8.42 Å². The highest BCUT2D eigenvalue weighted by molar-refractivity contribution is 7.93. The van der Waals surface area contributed by atoms with Crippen molar-refractivity contribution in [2.24, 2.45) is 0 Å². The smallest absolute Gasteiger partial charge is 0.246 e. The highest BCUT2D eigenvalue weighted by Crippen LogP contribution is 2.29. The van der Waals surface area contributed by atoms with Gasteiger partial charge in [0.2, 0.25) is 10.0 Å². The molecule has 16 heavy (non-hydrogen) atoms. The van der Waals surface area contributed by atoms with Crippen LogP contribution in [0.1, 0.15) is 26.3 Å². The lowest BCUT2D eigenvalue weighted by Gasteiger charge is -2.22. The van der Waals surface area contributed by atoms with Gasteiger partial charge in [-0.3, -0.25) is 4.72 Å². The molecule has 0 aliphatic carbocycles. The van der Waals surface area contributed by atoms with Crippen molar-refractivity contribution in [3.8, 4) is 0 Å². The van der Waals surface area contributed by atoms with Crippen LogP contribution in [0.15, 0.2) is 24.3 Å². The summed E-state index contributed by atoms with van der Waals surface area (Å²) in [7, 11) is -3.44. The van der Waals surface area contributed by atoms with Crippen molar-refractivity contribution in [3.05, 3.63) is 29.8 Å². The van der Waals surface area contributed by atoms with Crippen LogP contribution in [0.4, 0.5) is 5.69 Å². The number of rotatable bonds is 3. The Morgan fingerprint density at radius 2 is 1.81 bits per heavy atom. The minimum Gasteiger partial charge on any atom is -0.282 e. The minimum atomic E-state index is -3.44.